The summed E-state index contributed by atoms with van der Waals surface area (Å²) in [7, 11) is 1.94. The van der Waals surface area contributed by atoms with E-state index in [9.17, 15) is 18.0 Å². The molecule has 0 atom stereocenters. The van der Waals surface area contributed by atoms with Crippen molar-refractivity contribution in [1.29, 1.82) is 0 Å². The van der Waals surface area contributed by atoms with Gasteiger partial charge < -0.3 is 28.5 Å². The van der Waals surface area contributed by atoms with Gasteiger partial charge in [0.25, 0.3) is 0 Å². The first-order chi connectivity index (χ1) is 23.6. The highest BCUT2D eigenvalue weighted by Crippen LogP contribution is 2.41. The van der Waals surface area contributed by atoms with Gasteiger partial charge in [-0.05, 0) is 74.9 Å². The van der Waals surface area contributed by atoms with Gasteiger partial charge in [0, 0.05) is 67.5 Å². The zero-order valence-corrected chi connectivity index (χ0v) is 31.8. The molecule has 50 heavy (non-hydrogen) atoms. The summed E-state index contributed by atoms with van der Waals surface area (Å²) in [5, 5.41) is 1.04. The molecule has 2 saturated heterocycles. The number of hydrogen-bond donors (Lipinski definition) is 0. The Bertz CT molecular complexity index is 1830. The number of carbonyl (C=O) groups is 2. The fourth-order valence-corrected chi connectivity index (χ4v) is 8.72. The SMILES string of the molecule is Cc1cc(C)c2cccc(OCc3c(Cl)ccc(S(=O)(=O)[N-]C4(C(=O)N5CCN(C(=O)CCCC[N+](C)(C)C)CC5)CCOCC4)c3Cl)c2n1. The molecule has 0 bridgehead atoms. The van der Waals surface area contributed by atoms with Crippen LogP contribution in [0.25, 0.3) is 15.6 Å². The Hall–Kier alpha value is -3.00. The number of hydrogen-bond acceptors (Lipinski definition) is 7. The molecule has 0 saturated carbocycles. The van der Waals surface area contributed by atoms with Gasteiger partial charge in [0.1, 0.15) is 27.9 Å². The van der Waals surface area contributed by atoms with Crippen LogP contribution in [0.4, 0.5) is 0 Å². The predicted octanol–water partition coefficient (Wildman–Crippen LogP) is 5.90. The molecule has 0 spiro atoms. The molecule has 11 nitrogen and oxygen atoms in total. The number of rotatable bonds is 12. The largest absolute Gasteiger partial charge is 0.531 e. The van der Waals surface area contributed by atoms with Crippen molar-refractivity contribution in [3.8, 4) is 5.75 Å². The molecule has 2 aromatic carbocycles. The van der Waals surface area contributed by atoms with Crippen LogP contribution in [0, 0.1) is 13.8 Å². The lowest BCUT2D eigenvalue weighted by molar-refractivity contribution is -0.870. The van der Waals surface area contributed by atoms with Crippen LogP contribution in [-0.2, 0) is 31.0 Å². The molecule has 1 aromatic heterocycles. The van der Waals surface area contributed by atoms with E-state index in [1.807, 2.05) is 32.0 Å². The second-order valence-electron chi connectivity index (χ2n) is 14.2. The molecule has 5 rings (SSSR count). The van der Waals surface area contributed by atoms with Crippen LogP contribution < -0.4 is 4.74 Å². The van der Waals surface area contributed by atoms with E-state index >= 15 is 0 Å². The minimum atomic E-state index is -4.45. The zero-order valence-electron chi connectivity index (χ0n) is 29.5. The highest BCUT2D eigenvalue weighted by Gasteiger charge is 2.39. The summed E-state index contributed by atoms with van der Waals surface area (Å²) < 4.78 is 44.9. The van der Waals surface area contributed by atoms with Gasteiger partial charge in [-0.2, -0.15) is 0 Å². The van der Waals surface area contributed by atoms with Crippen molar-refractivity contribution in [2.24, 2.45) is 0 Å². The molecule has 3 aromatic rings. The van der Waals surface area contributed by atoms with Gasteiger partial charge in [0.15, 0.2) is 0 Å². The van der Waals surface area contributed by atoms with E-state index in [0.717, 1.165) is 40.5 Å². The van der Waals surface area contributed by atoms with Crippen molar-refractivity contribution in [3.63, 3.8) is 0 Å². The van der Waals surface area contributed by atoms with Crippen LogP contribution in [0.15, 0.2) is 41.3 Å². The van der Waals surface area contributed by atoms with Gasteiger partial charge >= 0.3 is 0 Å². The summed E-state index contributed by atoms with van der Waals surface area (Å²) in [4.78, 5) is 34.8. The third kappa shape index (κ3) is 8.89. The van der Waals surface area contributed by atoms with Crippen molar-refractivity contribution < 1.29 is 32.0 Å². The van der Waals surface area contributed by atoms with Gasteiger partial charge in [-0.25, -0.2) is 13.4 Å². The summed E-state index contributed by atoms with van der Waals surface area (Å²) in [5.74, 6) is 0.195. The topological polar surface area (TPSA) is 120 Å². The number of para-hydroxylation sites is 1. The Morgan fingerprint density at radius 2 is 1.68 bits per heavy atom. The van der Waals surface area contributed by atoms with Gasteiger partial charge in [-0.1, -0.05) is 35.3 Å². The van der Waals surface area contributed by atoms with Crippen molar-refractivity contribution in [1.82, 2.24) is 14.8 Å². The number of ether oxygens (including phenoxy) is 2. The van der Waals surface area contributed by atoms with Gasteiger partial charge in [-0.3, -0.25) is 9.59 Å². The molecular formula is C36H47Cl2N5O6S. The van der Waals surface area contributed by atoms with Crippen molar-refractivity contribution in [2.75, 3.05) is 67.1 Å². The second-order valence-corrected chi connectivity index (χ2v) is 16.6. The first-order valence-electron chi connectivity index (χ1n) is 17.0. The van der Waals surface area contributed by atoms with E-state index in [-0.39, 0.29) is 65.0 Å². The van der Waals surface area contributed by atoms with Crippen molar-refractivity contribution >= 4 is 55.9 Å². The molecule has 3 heterocycles. The van der Waals surface area contributed by atoms with Gasteiger partial charge in [0.2, 0.25) is 11.8 Å². The number of sulfonamides is 1. The molecule has 0 radical (unpaired) electrons. The number of pyridine rings is 1. The number of piperazine rings is 1. The summed E-state index contributed by atoms with van der Waals surface area (Å²) in [5.41, 5.74) is 1.29. The number of aromatic nitrogens is 1. The van der Waals surface area contributed by atoms with Crippen LogP contribution >= 0.6 is 23.2 Å². The Morgan fingerprint density at radius 1 is 1.00 bits per heavy atom. The zero-order chi connectivity index (χ0) is 36.3. The second kappa shape index (κ2) is 15.7. The molecule has 272 valence electrons. The third-order valence-corrected chi connectivity index (χ3v) is 11.7. The fourth-order valence-electron chi connectivity index (χ4n) is 6.54. The summed E-state index contributed by atoms with van der Waals surface area (Å²) in [6, 6.07) is 10.4. The van der Waals surface area contributed by atoms with E-state index in [1.54, 1.807) is 15.9 Å². The number of amides is 2. The maximum absolute atomic E-state index is 14.1. The smallest absolute Gasteiger partial charge is 0.222 e. The Morgan fingerprint density at radius 3 is 2.36 bits per heavy atom. The highest BCUT2D eigenvalue weighted by molar-refractivity contribution is 7.94. The highest BCUT2D eigenvalue weighted by atomic mass is 35.5. The van der Waals surface area contributed by atoms with E-state index in [0.29, 0.717) is 43.9 Å². The average molecular weight is 749 g/mol. The number of quaternary nitrogens is 1. The minimum Gasteiger partial charge on any atom is -0.531 e. The Labute approximate surface area is 305 Å². The molecule has 2 amide bonds. The number of nitrogens with zero attached hydrogens (tertiary/aromatic N) is 5. The quantitative estimate of drug-likeness (QED) is 0.167. The first-order valence-corrected chi connectivity index (χ1v) is 19.2. The number of benzene rings is 2. The number of fused-ring (bicyclic) bond motifs is 1. The lowest BCUT2D eigenvalue weighted by Gasteiger charge is -2.50. The fraction of sp³-hybridized carbons (Fsp3) is 0.528. The van der Waals surface area contributed by atoms with Crippen LogP contribution in [0.1, 0.15) is 48.9 Å². The van der Waals surface area contributed by atoms with E-state index < -0.39 is 15.6 Å². The molecule has 0 aliphatic carbocycles. The minimum absolute atomic E-state index is 0.0747. The summed E-state index contributed by atoms with van der Waals surface area (Å²) in [6.07, 6.45) is 2.45. The average Bonchev–Trinajstić information content (AvgIpc) is 3.06. The van der Waals surface area contributed by atoms with E-state index in [2.05, 4.69) is 30.8 Å². The van der Waals surface area contributed by atoms with E-state index in [1.165, 1.54) is 12.1 Å². The van der Waals surface area contributed by atoms with Crippen LogP contribution in [0.3, 0.4) is 0 Å². The molecule has 14 heteroatoms. The number of halogens is 2. The van der Waals surface area contributed by atoms with Gasteiger partial charge in [-0.15, -0.1) is 0 Å². The molecular weight excluding hydrogens is 701 g/mol. The number of aryl methyl sites for hydroxylation is 2. The summed E-state index contributed by atoms with van der Waals surface area (Å²) in [6.45, 7) is 6.51. The lowest BCUT2D eigenvalue weighted by Crippen LogP contribution is -2.58. The first kappa shape index (κ1) is 38.2. The summed E-state index contributed by atoms with van der Waals surface area (Å²) >= 11 is 13.3. The molecule has 2 aliphatic heterocycles. The molecule has 2 fully saturated rings. The van der Waals surface area contributed by atoms with Crippen LogP contribution in [0.5, 0.6) is 5.75 Å². The number of unbranched alkanes of at least 4 members (excludes halogenated alkanes) is 1. The van der Waals surface area contributed by atoms with Crippen molar-refractivity contribution in [2.45, 2.75) is 63.0 Å². The maximum Gasteiger partial charge on any atom is 0.222 e. The molecule has 0 N–H and O–H groups in total. The maximum atomic E-state index is 14.1. The number of carbonyl (C=O) groups excluding carboxylic acids is 2. The normalized spacial score (nSPS) is 16.9. The lowest BCUT2D eigenvalue weighted by atomic mass is 9.89. The molecule has 0 unspecified atom stereocenters. The standard InChI is InChI=1S/C36H47Cl2N5O6S/c1-25-23-26(2)39-34-27(25)9-8-10-30(34)49-24-28-29(37)12-13-31(33(28)38)50(46,47)40-36(14-21-48-22-15-36)35(45)42-18-16-41(17-19-42)32(44)11-6-7-20-43(3,4)5/h8-10,12-13,23H,6-7,11,14-22,24H2,1-5H3. The third-order valence-electron chi connectivity index (χ3n) is 9.34. The van der Waals surface area contributed by atoms with E-state index in [4.69, 9.17) is 32.7 Å². The van der Waals surface area contributed by atoms with Crippen molar-refractivity contribution in [3.05, 3.63) is 68.0 Å². The monoisotopic (exact) mass is 747 g/mol. The molecule has 2 aliphatic rings. The van der Waals surface area contributed by atoms with Crippen LogP contribution in [0.2, 0.25) is 10.0 Å². The van der Waals surface area contributed by atoms with Crippen LogP contribution in [-0.4, -0.2) is 112 Å². The van der Waals surface area contributed by atoms with Gasteiger partial charge in [0.05, 0.1) is 37.6 Å². The Kier molecular flexibility index (Phi) is 12.0. The predicted molar refractivity (Wildman–Crippen MR) is 195 cm³/mol. The Balaban J connectivity index is 1.29.